The molecule has 33 heavy (non-hydrogen) atoms. The summed E-state index contributed by atoms with van der Waals surface area (Å²) < 4.78 is 0. The Kier molecular flexibility index (Phi) is 8.55. The molecule has 1 heterocycles. The Labute approximate surface area is 195 Å². The number of benzene rings is 2. The SMILES string of the molecule is CCN(CC)CCCN(c1ccc(C(=O)Nc2ccncc2)cc1)c1cccc(C(N)=O)c1. The van der Waals surface area contributed by atoms with E-state index < -0.39 is 5.91 Å². The minimum Gasteiger partial charge on any atom is -0.366 e. The van der Waals surface area contributed by atoms with Crippen molar-refractivity contribution in [3.05, 3.63) is 84.2 Å². The number of carbonyl (C=O) groups excluding carboxylic acids is 2. The van der Waals surface area contributed by atoms with Crippen LogP contribution in [0, 0.1) is 0 Å². The molecule has 0 aliphatic rings. The van der Waals surface area contributed by atoms with E-state index in [1.165, 1.54) is 0 Å². The Morgan fingerprint density at radius 3 is 2.21 bits per heavy atom. The van der Waals surface area contributed by atoms with Crippen molar-refractivity contribution in [1.82, 2.24) is 9.88 Å². The van der Waals surface area contributed by atoms with E-state index in [0.29, 0.717) is 16.8 Å². The molecule has 7 heteroatoms. The number of nitrogens with zero attached hydrogens (tertiary/aromatic N) is 3. The number of hydrogen-bond donors (Lipinski definition) is 2. The van der Waals surface area contributed by atoms with Gasteiger partial charge in [0.05, 0.1) is 0 Å². The van der Waals surface area contributed by atoms with Crippen LogP contribution in [0.15, 0.2) is 73.1 Å². The highest BCUT2D eigenvalue weighted by molar-refractivity contribution is 6.04. The van der Waals surface area contributed by atoms with Gasteiger partial charge in [-0.1, -0.05) is 19.9 Å². The Balaban J connectivity index is 1.81. The zero-order valence-corrected chi connectivity index (χ0v) is 19.2. The molecule has 7 nitrogen and oxygen atoms in total. The fourth-order valence-electron chi connectivity index (χ4n) is 3.66. The van der Waals surface area contributed by atoms with Gasteiger partial charge < -0.3 is 20.9 Å². The number of primary amides is 1. The largest absolute Gasteiger partial charge is 0.366 e. The molecule has 0 bridgehead atoms. The predicted octanol–water partition coefficient (Wildman–Crippen LogP) is 4.30. The molecule has 0 aliphatic carbocycles. The van der Waals surface area contributed by atoms with E-state index in [9.17, 15) is 9.59 Å². The van der Waals surface area contributed by atoms with Gasteiger partial charge in [-0.3, -0.25) is 14.6 Å². The first-order chi connectivity index (χ1) is 16.0. The average molecular weight is 446 g/mol. The van der Waals surface area contributed by atoms with Crippen LogP contribution in [-0.2, 0) is 0 Å². The third-order valence-electron chi connectivity index (χ3n) is 5.57. The zero-order valence-electron chi connectivity index (χ0n) is 19.2. The molecule has 172 valence electrons. The summed E-state index contributed by atoms with van der Waals surface area (Å²) in [5.74, 6) is -0.639. The van der Waals surface area contributed by atoms with Crippen LogP contribution >= 0.6 is 0 Å². The highest BCUT2D eigenvalue weighted by Gasteiger charge is 2.14. The summed E-state index contributed by atoms with van der Waals surface area (Å²) >= 11 is 0. The van der Waals surface area contributed by atoms with Crippen molar-refractivity contribution >= 4 is 28.9 Å². The lowest BCUT2D eigenvalue weighted by Crippen LogP contribution is -2.28. The predicted molar refractivity (Wildman–Crippen MR) is 133 cm³/mol. The van der Waals surface area contributed by atoms with E-state index in [4.69, 9.17) is 5.73 Å². The molecular formula is C26H31N5O2. The first-order valence-corrected chi connectivity index (χ1v) is 11.2. The fraction of sp³-hybridized carbons (Fsp3) is 0.269. The van der Waals surface area contributed by atoms with Gasteiger partial charge in [-0.15, -0.1) is 0 Å². The summed E-state index contributed by atoms with van der Waals surface area (Å²) in [7, 11) is 0. The summed E-state index contributed by atoms with van der Waals surface area (Å²) in [5, 5.41) is 2.87. The second kappa shape index (κ2) is 11.8. The van der Waals surface area contributed by atoms with Crippen molar-refractivity contribution in [2.24, 2.45) is 5.73 Å². The number of hydrogen-bond acceptors (Lipinski definition) is 5. The van der Waals surface area contributed by atoms with Crippen molar-refractivity contribution < 1.29 is 9.59 Å². The summed E-state index contributed by atoms with van der Waals surface area (Å²) in [6, 6.07) is 18.3. The number of rotatable bonds is 11. The van der Waals surface area contributed by atoms with Crippen molar-refractivity contribution in [1.29, 1.82) is 0 Å². The normalized spacial score (nSPS) is 10.8. The topological polar surface area (TPSA) is 91.6 Å². The van der Waals surface area contributed by atoms with Gasteiger partial charge in [-0.2, -0.15) is 0 Å². The Morgan fingerprint density at radius 1 is 0.879 bits per heavy atom. The van der Waals surface area contributed by atoms with Crippen LogP contribution in [0.2, 0.25) is 0 Å². The third-order valence-corrected chi connectivity index (χ3v) is 5.57. The standard InChI is InChI=1S/C26H31N5O2/c1-3-30(4-2)17-6-18-31(24-8-5-7-21(19-24)25(27)32)23-11-9-20(10-12-23)26(33)29-22-13-15-28-16-14-22/h5,7-16,19H,3-4,6,17-18H2,1-2H3,(H2,27,32)(H,28,29,33). The lowest BCUT2D eigenvalue weighted by molar-refractivity contribution is 0.0997. The number of pyridine rings is 1. The van der Waals surface area contributed by atoms with Gasteiger partial charge in [0.1, 0.15) is 0 Å². The van der Waals surface area contributed by atoms with E-state index in [-0.39, 0.29) is 5.91 Å². The van der Waals surface area contributed by atoms with Gasteiger partial charge in [0.2, 0.25) is 5.91 Å². The fourth-order valence-corrected chi connectivity index (χ4v) is 3.66. The number of nitrogens with two attached hydrogens (primary N) is 1. The summed E-state index contributed by atoms with van der Waals surface area (Å²) in [6.07, 6.45) is 4.22. The monoisotopic (exact) mass is 445 g/mol. The number of nitrogens with one attached hydrogen (secondary N) is 1. The van der Waals surface area contributed by atoms with Crippen LogP contribution < -0.4 is 16.0 Å². The molecule has 0 saturated heterocycles. The van der Waals surface area contributed by atoms with E-state index >= 15 is 0 Å². The molecule has 2 amide bonds. The minimum atomic E-state index is -0.455. The van der Waals surface area contributed by atoms with Crippen molar-refractivity contribution in [2.45, 2.75) is 20.3 Å². The maximum atomic E-state index is 12.6. The number of carbonyl (C=O) groups is 2. The van der Waals surface area contributed by atoms with Crippen LogP contribution in [0.4, 0.5) is 17.1 Å². The first kappa shape index (κ1) is 23.9. The molecule has 3 aromatic rings. The van der Waals surface area contributed by atoms with Gasteiger partial charge in [0.15, 0.2) is 0 Å². The lowest BCUT2D eigenvalue weighted by Gasteiger charge is -2.27. The van der Waals surface area contributed by atoms with Crippen molar-refractivity contribution in [3.63, 3.8) is 0 Å². The van der Waals surface area contributed by atoms with Crippen LogP contribution in [0.25, 0.3) is 0 Å². The maximum Gasteiger partial charge on any atom is 0.255 e. The Hall–Kier alpha value is -3.71. The number of aromatic nitrogens is 1. The average Bonchev–Trinajstić information content (AvgIpc) is 2.85. The zero-order chi connectivity index (χ0) is 23.6. The van der Waals surface area contributed by atoms with Crippen LogP contribution in [0.3, 0.4) is 0 Å². The van der Waals surface area contributed by atoms with Gasteiger partial charge in [0, 0.05) is 47.1 Å². The van der Waals surface area contributed by atoms with Crippen LogP contribution in [0.5, 0.6) is 0 Å². The minimum absolute atomic E-state index is 0.184. The third kappa shape index (κ3) is 6.63. The Morgan fingerprint density at radius 2 is 1.58 bits per heavy atom. The van der Waals surface area contributed by atoms with Gasteiger partial charge in [-0.05, 0) is 80.7 Å². The van der Waals surface area contributed by atoms with E-state index in [0.717, 1.165) is 44.0 Å². The molecular weight excluding hydrogens is 414 g/mol. The molecule has 0 unspecified atom stereocenters. The molecule has 0 fully saturated rings. The second-order valence-corrected chi connectivity index (χ2v) is 7.68. The van der Waals surface area contributed by atoms with Crippen LogP contribution in [-0.4, -0.2) is 47.9 Å². The van der Waals surface area contributed by atoms with Gasteiger partial charge >= 0.3 is 0 Å². The molecule has 3 N–H and O–H groups in total. The molecule has 1 aromatic heterocycles. The molecule has 3 rings (SSSR count). The summed E-state index contributed by atoms with van der Waals surface area (Å²) in [4.78, 5) is 32.8. The molecule has 2 aromatic carbocycles. The molecule has 0 saturated carbocycles. The Bertz CT molecular complexity index is 1050. The smallest absolute Gasteiger partial charge is 0.255 e. The van der Waals surface area contributed by atoms with E-state index in [1.807, 2.05) is 30.3 Å². The number of anilines is 3. The number of amides is 2. The molecule has 0 atom stereocenters. The first-order valence-electron chi connectivity index (χ1n) is 11.2. The second-order valence-electron chi connectivity index (χ2n) is 7.68. The van der Waals surface area contributed by atoms with E-state index in [2.05, 4.69) is 33.9 Å². The van der Waals surface area contributed by atoms with Gasteiger partial charge in [-0.25, -0.2) is 0 Å². The van der Waals surface area contributed by atoms with Crippen molar-refractivity contribution in [3.8, 4) is 0 Å². The lowest BCUT2D eigenvalue weighted by atomic mass is 10.1. The summed E-state index contributed by atoms with van der Waals surface area (Å²) in [6.45, 7) is 8.08. The van der Waals surface area contributed by atoms with Crippen molar-refractivity contribution in [2.75, 3.05) is 36.4 Å². The highest BCUT2D eigenvalue weighted by Crippen LogP contribution is 2.27. The molecule has 0 aliphatic heterocycles. The molecule has 0 radical (unpaired) electrons. The van der Waals surface area contributed by atoms with Gasteiger partial charge in [0.25, 0.3) is 5.91 Å². The van der Waals surface area contributed by atoms with E-state index in [1.54, 1.807) is 42.7 Å². The highest BCUT2D eigenvalue weighted by atomic mass is 16.2. The quantitative estimate of drug-likeness (QED) is 0.459. The maximum absolute atomic E-state index is 12.6. The summed E-state index contributed by atoms with van der Waals surface area (Å²) in [5.41, 5.74) is 9.05. The molecule has 0 spiro atoms. The van der Waals surface area contributed by atoms with Crippen LogP contribution in [0.1, 0.15) is 41.0 Å².